The Hall–Kier alpha value is -1.06. The van der Waals surface area contributed by atoms with Crippen molar-refractivity contribution in [2.24, 2.45) is 11.8 Å². The van der Waals surface area contributed by atoms with Crippen LogP contribution in [0, 0.1) is 11.8 Å². The van der Waals surface area contributed by atoms with E-state index in [0.717, 1.165) is 44.9 Å². The third kappa shape index (κ3) is 13.9. The van der Waals surface area contributed by atoms with E-state index in [0.29, 0.717) is 13.2 Å². The summed E-state index contributed by atoms with van der Waals surface area (Å²) in [4.78, 5) is 24.9. The van der Waals surface area contributed by atoms with E-state index in [-0.39, 0.29) is 23.8 Å². The zero-order chi connectivity index (χ0) is 22.6. The maximum absolute atomic E-state index is 12.5. The molecule has 0 aromatic carbocycles. The monoisotopic (exact) mass is 438 g/mol. The van der Waals surface area contributed by atoms with E-state index < -0.39 is 0 Å². The van der Waals surface area contributed by atoms with Crippen molar-refractivity contribution >= 4 is 11.9 Å². The van der Waals surface area contributed by atoms with E-state index in [2.05, 4.69) is 13.8 Å². The fraction of sp³-hybridized carbons (Fsp3) is 0.926. The lowest BCUT2D eigenvalue weighted by molar-refractivity contribution is -0.159. The summed E-state index contributed by atoms with van der Waals surface area (Å²) in [6.45, 7) is 5.45. The molecule has 0 amide bonds. The molecule has 0 N–H and O–H groups in total. The van der Waals surface area contributed by atoms with Crippen molar-refractivity contribution < 1.29 is 19.1 Å². The summed E-state index contributed by atoms with van der Waals surface area (Å²) >= 11 is 0. The highest BCUT2D eigenvalue weighted by molar-refractivity contribution is 5.82. The van der Waals surface area contributed by atoms with E-state index in [9.17, 15) is 9.59 Å². The Kier molecular flexibility index (Phi) is 17.7. The van der Waals surface area contributed by atoms with Gasteiger partial charge in [0.05, 0.1) is 25.0 Å². The Morgan fingerprint density at radius 3 is 1.23 bits per heavy atom. The molecule has 182 valence electrons. The van der Waals surface area contributed by atoms with E-state index in [1.165, 1.54) is 77.0 Å². The van der Waals surface area contributed by atoms with Gasteiger partial charge >= 0.3 is 11.9 Å². The van der Waals surface area contributed by atoms with Gasteiger partial charge in [-0.25, -0.2) is 0 Å². The van der Waals surface area contributed by atoms with Crippen LogP contribution >= 0.6 is 0 Å². The number of ether oxygens (including phenoxy) is 2. The first kappa shape index (κ1) is 28.0. The second-order valence-corrected chi connectivity index (χ2v) is 9.43. The molecule has 0 bridgehead atoms. The Bertz CT molecular complexity index is 409. The second kappa shape index (κ2) is 19.6. The van der Waals surface area contributed by atoms with Crippen LogP contribution < -0.4 is 0 Å². The average Bonchev–Trinajstić information content (AvgIpc) is 3.27. The molecule has 0 aliphatic heterocycles. The number of esters is 2. The van der Waals surface area contributed by atoms with Crippen LogP contribution in [0.4, 0.5) is 0 Å². The van der Waals surface area contributed by atoms with Gasteiger partial charge in [0.1, 0.15) is 0 Å². The average molecular weight is 439 g/mol. The van der Waals surface area contributed by atoms with E-state index >= 15 is 0 Å². The fourth-order valence-corrected chi connectivity index (χ4v) is 4.56. The smallest absolute Gasteiger partial charge is 0.309 e. The minimum atomic E-state index is -0.292. The number of hydrogen-bond donors (Lipinski definition) is 0. The Morgan fingerprint density at radius 1 is 0.548 bits per heavy atom. The molecule has 1 saturated carbocycles. The van der Waals surface area contributed by atoms with Crippen LogP contribution in [-0.2, 0) is 19.1 Å². The van der Waals surface area contributed by atoms with E-state index in [1.807, 2.05) is 0 Å². The first-order valence-electron chi connectivity index (χ1n) is 13.5. The van der Waals surface area contributed by atoms with Gasteiger partial charge in [-0.1, -0.05) is 110 Å². The lowest BCUT2D eigenvalue weighted by Crippen LogP contribution is -2.29. The van der Waals surface area contributed by atoms with Crippen LogP contribution in [0.2, 0.25) is 0 Å². The molecule has 0 heterocycles. The minimum absolute atomic E-state index is 0.186. The number of rotatable bonds is 20. The predicted molar refractivity (Wildman–Crippen MR) is 128 cm³/mol. The molecule has 0 spiro atoms. The van der Waals surface area contributed by atoms with Gasteiger partial charge in [-0.05, 0) is 25.7 Å². The van der Waals surface area contributed by atoms with Crippen LogP contribution in [0.15, 0.2) is 0 Å². The molecular weight excluding hydrogens is 388 g/mol. The van der Waals surface area contributed by atoms with Crippen molar-refractivity contribution in [3.8, 4) is 0 Å². The first-order valence-corrected chi connectivity index (χ1v) is 13.5. The summed E-state index contributed by atoms with van der Waals surface area (Å²) < 4.78 is 11.0. The maximum atomic E-state index is 12.5. The summed E-state index contributed by atoms with van der Waals surface area (Å²) in [5, 5.41) is 0. The van der Waals surface area contributed by atoms with Crippen molar-refractivity contribution in [2.75, 3.05) is 13.2 Å². The van der Waals surface area contributed by atoms with Gasteiger partial charge in [-0.2, -0.15) is 0 Å². The topological polar surface area (TPSA) is 52.6 Å². The number of carbonyl (C=O) groups excluding carboxylic acids is 2. The van der Waals surface area contributed by atoms with Gasteiger partial charge in [0.2, 0.25) is 0 Å². The lowest BCUT2D eigenvalue weighted by atomic mass is 9.96. The van der Waals surface area contributed by atoms with Crippen molar-refractivity contribution in [2.45, 2.75) is 136 Å². The largest absolute Gasteiger partial charge is 0.465 e. The molecule has 0 aromatic rings. The zero-order valence-electron chi connectivity index (χ0n) is 20.6. The number of unbranched alkanes of at least 4 members (excludes halogenated alkanes) is 14. The molecule has 2 unspecified atom stereocenters. The van der Waals surface area contributed by atoms with Crippen LogP contribution in [0.1, 0.15) is 136 Å². The highest BCUT2D eigenvalue weighted by Gasteiger charge is 2.39. The van der Waals surface area contributed by atoms with E-state index in [4.69, 9.17) is 9.47 Å². The molecule has 4 heteroatoms. The highest BCUT2D eigenvalue weighted by atomic mass is 16.5. The maximum Gasteiger partial charge on any atom is 0.309 e. The molecule has 1 aliphatic rings. The zero-order valence-corrected chi connectivity index (χ0v) is 20.6. The standard InChI is InChI=1S/C27H50O4/c1-3-5-7-9-11-13-15-17-22-30-26(28)24-20-19-21-25(24)27(29)31-23-18-16-14-12-10-8-6-4-2/h24-25H,3-23H2,1-2H3. The van der Waals surface area contributed by atoms with Crippen LogP contribution in [0.3, 0.4) is 0 Å². The lowest BCUT2D eigenvalue weighted by Gasteiger charge is -2.17. The normalized spacial score (nSPS) is 18.3. The van der Waals surface area contributed by atoms with Crippen molar-refractivity contribution in [3.05, 3.63) is 0 Å². The van der Waals surface area contributed by atoms with Crippen LogP contribution in [0.5, 0.6) is 0 Å². The molecule has 0 aromatic heterocycles. The second-order valence-electron chi connectivity index (χ2n) is 9.43. The van der Waals surface area contributed by atoms with Crippen molar-refractivity contribution in [1.82, 2.24) is 0 Å². The molecule has 4 nitrogen and oxygen atoms in total. The summed E-state index contributed by atoms with van der Waals surface area (Å²) in [7, 11) is 0. The fourth-order valence-electron chi connectivity index (χ4n) is 4.56. The van der Waals surface area contributed by atoms with Gasteiger partial charge in [0.15, 0.2) is 0 Å². The van der Waals surface area contributed by atoms with Gasteiger partial charge < -0.3 is 9.47 Å². The van der Waals surface area contributed by atoms with Crippen LogP contribution in [-0.4, -0.2) is 25.2 Å². The Balaban J connectivity index is 2.07. The summed E-state index contributed by atoms with van der Waals surface area (Å²) in [6, 6.07) is 0. The first-order chi connectivity index (χ1) is 15.2. The molecule has 1 fully saturated rings. The van der Waals surface area contributed by atoms with Gasteiger partial charge in [-0.15, -0.1) is 0 Å². The van der Waals surface area contributed by atoms with Gasteiger partial charge in [-0.3, -0.25) is 9.59 Å². The molecule has 31 heavy (non-hydrogen) atoms. The predicted octanol–water partition coefficient (Wildman–Crippen LogP) is 7.77. The Morgan fingerprint density at radius 2 is 0.871 bits per heavy atom. The molecule has 0 radical (unpaired) electrons. The highest BCUT2D eigenvalue weighted by Crippen LogP contribution is 2.33. The number of carbonyl (C=O) groups is 2. The molecular formula is C27H50O4. The third-order valence-electron chi connectivity index (χ3n) is 6.61. The summed E-state index contributed by atoms with van der Waals surface area (Å²) in [5.41, 5.74) is 0. The molecule has 0 saturated heterocycles. The van der Waals surface area contributed by atoms with E-state index in [1.54, 1.807) is 0 Å². The summed E-state index contributed by atoms with van der Waals surface area (Å²) in [6.07, 6.45) is 22.1. The van der Waals surface area contributed by atoms with Gasteiger partial charge in [0.25, 0.3) is 0 Å². The molecule has 1 aliphatic carbocycles. The van der Waals surface area contributed by atoms with Crippen molar-refractivity contribution in [3.63, 3.8) is 0 Å². The Labute approximate surface area is 192 Å². The van der Waals surface area contributed by atoms with Crippen LogP contribution in [0.25, 0.3) is 0 Å². The van der Waals surface area contributed by atoms with Crippen molar-refractivity contribution in [1.29, 1.82) is 0 Å². The van der Waals surface area contributed by atoms with Gasteiger partial charge in [0, 0.05) is 0 Å². The summed E-state index contributed by atoms with van der Waals surface area (Å²) in [5.74, 6) is -0.954. The number of hydrogen-bond acceptors (Lipinski definition) is 4. The quantitative estimate of drug-likeness (QED) is 0.144. The minimum Gasteiger partial charge on any atom is -0.465 e. The SMILES string of the molecule is CCCCCCCCCCOC(=O)C1CCCC1C(=O)OCCCCCCCCCC. The molecule has 2 atom stereocenters. The third-order valence-corrected chi connectivity index (χ3v) is 6.61. The molecule has 1 rings (SSSR count).